The molecule has 84 valence electrons. The van der Waals surface area contributed by atoms with Crippen LogP contribution in [0.25, 0.3) is 10.1 Å². The summed E-state index contributed by atoms with van der Waals surface area (Å²) in [6.07, 6.45) is -3.84. The van der Waals surface area contributed by atoms with Gasteiger partial charge in [-0.15, -0.1) is 11.3 Å². The molecule has 0 N–H and O–H groups in total. The Morgan fingerprint density at radius 3 is 2.56 bits per heavy atom. The fourth-order valence-electron chi connectivity index (χ4n) is 1.34. The predicted molar refractivity (Wildman–Crippen MR) is 57.2 cm³/mol. The van der Waals surface area contributed by atoms with Crippen molar-refractivity contribution in [3.8, 4) is 0 Å². The number of thiophene rings is 1. The fourth-order valence-corrected chi connectivity index (χ4v) is 2.67. The monoisotopic (exact) mass is 264 g/mol. The third-order valence-corrected chi connectivity index (χ3v) is 3.69. The molecule has 0 saturated carbocycles. The van der Waals surface area contributed by atoms with Crippen LogP contribution in [0.3, 0.4) is 0 Å². The number of alkyl halides is 3. The Labute approximate surface area is 97.4 Å². The summed E-state index contributed by atoms with van der Waals surface area (Å²) < 4.78 is 37.6. The van der Waals surface area contributed by atoms with Crippen LogP contribution in [0.1, 0.15) is 15.2 Å². The molecule has 0 aliphatic carbocycles. The molecule has 0 unspecified atom stereocenters. The average Bonchev–Trinajstić information content (AvgIpc) is 2.54. The Hall–Kier alpha value is -1.07. The van der Waals surface area contributed by atoms with Gasteiger partial charge in [-0.3, -0.25) is 4.79 Å². The van der Waals surface area contributed by atoms with Gasteiger partial charge in [-0.25, -0.2) is 0 Å². The Balaban J connectivity index is 2.68. The van der Waals surface area contributed by atoms with Crippen LogP contribution >= 0.6 is 22.9 Å². The summed E-state index contributed by atoms with van der Waals surface area (Å²) in [5.41, 5.74) is -0.740. The van der Waals surface area contributed by atoms with Crippen LogP contribution in [-0.2, 0) is 6.18 Å². The van der Waals surface area contributed by atoms with E-state index in [0.29, 0.717) is 16.4 Å². The molecule has 6 heteroatoms. The largest absolute Gasteiger partial charge is 0.416 e. The quantitative estimate of drug-likeness (QED) is 0.698. The maximum atomic E-state index is 12.4. The number of rotatable bonds is 1. The van der Waals surface area contributed by atoms with E-state index in [4.69, 9.17) is 11.6 Å². The minimum absolute atomic E-state index is 0.212. The third-order valence-electron chi connectivity index (χ3n) is 2.09. The van der Waals surface area contributed by atoms with Crippen molar-refractivity contribution in [1.82, 2.24) is 0 Å². The minimum Gasteiger partial charge on any atom is -0.297 e. The van der Waals surface area contributed by atoms with Gasteiger partial charge in [0.25, 0.3) is 0 Å². The van der Waals surface area contributed by atoms with E-state index < -0.39 is 11.7 Å². The first-order valence-electron chi connectivity index (χ1n) is 4.18. The van der Waals surface area contributed by atoms with Crippen LogP contribution in [-0.4, -0.2) is 6.29 Å². The molecule has 0 aliphatic rings. The number of benzene rings is 1. The number of carbonyl (C=O) groups is 1. The van der Waals surface area contributed by atoms with E-state index in [1.807, 2.05) is 0 Å². The van der Waals surface area contributed by atoms with Crippen molar-refractivity contribution >= 4 is 39.3 Å². The lowest BCUT2D eigenvalue weighted by Crippen LogP contribution is -2.03. The first-order chi connectivity index (χ1) is 7.43. The van der Waals surface area contributed by atoms with Crippen molar-refractivity contribution in [2.45, 2.75) is 6.18 Å². The molecule has 0 spiro atoms. The molecular formula is C10H4ClF3OS. The lowest BCUT2D eigenvalue weighted by Gasteiger charge is -2.05. The third kappa shape index (κ3) is 1.81. The topological polar surface area (TPSA) is 17.1 Å². The molecule has 2 rings (SSSR count). The molecule has 0 atom stereocenters. The normalized spacial score (nSPS) is 12.0. The van der Waals surface area contributed by atoms with Crippen molar-refractivity contribution < 1.29 is 18.0 Å². The maximum absolute atomic E-state index is 12.4. The Kier molecular flexibility index (Phi) is 2.67. The Morgan fingerprint density at radius 2 is 2.00 bits per heavy atom. The van der Waals surface area contributed by atoms with Crippen LogP contribution in [0.4, 0.5) is 13.2 Å². The van der Waals surface area contributed by atoms with Crippen LogP contribution in [0.2, 0.25) is 5.02 Å². The Bertz CT molecular complexity index is 559. The maximum Gasteiger partial charge on any atom is 0.416 e. The van der Waals surface area contributed by atoms with E-state index >= 15 is 0 Å². The molecule has 1 nitrogen and oxygen atoms in total. The molecule has 0 aliphatic heterocycles. The van der Waals surface area contributed by atoms with Crippen LogP contribution < -0.4 is 0 Å². The zero-order valence-electron chi connectivity index (χ0n) is 7.64. The highest BCUT2D eigenvalue weighted by molar-refractivity contribution is 7.21. The number of hydrogen-bond donors (Lipinski definition) is 0. The van der Waals surface area contributed by atoms with E-state index in [1.165, 1.54) is 6.07 Å². The van der Waals surface area contributed by atoms with Gasteiger partial charge in [0.05, 0.1) is 15.5 Å². The summed E-state index contributed by atoms with van der Waals surface area (Å²) in [5, 5.41) is 0.686. The number of aldehydes is 1. The van der Waals surface area contributed by atoms with Gasteiger partial charge in [-0.05, 0) is 12.1 Å². The molecule has 0 fully saturated rings. The summed E-state index contributed by atoms with van der Waals surface area (Å²) >= 11 is 6.78. The summed E-state index contributed by atoms with van der Waals surface area (Å²) in [6.45, 7) is 0. The zero-order valence-corrected chi connectivity index (χ0v) is 9.21. The van der Waals surface area contributed by atoms with Crippen molar-refractivity contribution in [2.75, 3.05) is 0 Å². The van der Waals surface area contributed by atoms with Gasteiger partial charge < -0.3 is 0 Å². The lowest BCUT2D eigenvalue weighted by atomic mass is 10.1. The molecule has 1 heterocycles. The van der Waals surface area contributed by atoms with Gasteiger partial charge in [0.1, 0.15) is 0 Å². The van der Waals surface area contributed by atoms with Gasteiger partial charge in [0, 0.05) is 10.1 Å². The standard InChI is InChI=1S/C10H4ClF3OS/c11-9-6-2-1-5(10(12,13)14)3-7(6)16-8(9)4-15/h1-4H. The summed E-state index contributed by atoms with van der Waals surface area (Å²) in [6, 6.07) is 3.23. The van der Waals surface area contributed by atoms with Crippen LogP contribution in [0.15, 0.2) is 18.2 Å². The number of halogens is 4. The molecule has 0 saturated heterocycles. The molecule has 1 aromatic carbocycles. The van der Waals surface area contributed by atoms with Gasteiger partial charge in [0.15, 0.2) is 6.29 Å². The second-order valence-electron chi connectivity index (χ2n) is 3.11. The molecular weight excluding hydrogens is 261 g/mol. The summed E-state index contributed by atoms with van der Waals surface area (Å²) in [5.74, 6) is 0. The number of carbonyl (C=O) groups excluding carboxylic acids is 1. The SMILES string of the molecule is O=Cc1sc2cc(C(F)(F)F)ccc2c1Cl. The Morgan fingerprint density at radius 1 is 1.31 bits per heavy atom. The molecule has 0 bridgehead atoms. The lowest BCUT2D eigenvalue weighted by molar-refractivity contribution is -0.137. The molecule has 2 aromatic rings. The number of fused-ring (bicyclic) bond motifs is 1. The van der Waals surface area contributed by atoms with Crippen molar-refractivity contribution in [3.05, 3.63) is 33.7 Å². The number of hydrogen-bond acceptors (Lipinski definition) is 2. The van der Waals surface area contributed by atoms with Crippen molar-refractivity contribution in [3.63, 3.8) is 0 Å². The summed E-state index contributed by atoms with van der Waals surface area (Å²) in [4.78, 5) is 10.8. The first-order valence-corrected chi connectivity index (χ1v) is 5.37. The van der Waals surface area contributed by atoms with E-state index in [-0.39, 0.29) is 9.90 Å². The van der Waals surface area contributed by atoms with Crippen molar-refractivity contribution in [1.29, 1.82) is 0 Å². The van der Waals surface area contributed by atoms with E-state index in [1.54, 1.807) is 0 Å². The second-order valence-corrected chi connectivity index (χ2v) is 4.57. The zero-order chi connectivity index (χ0) is 11.9. The van der Waals surface area contributed by atoms with Crippen LogP contribution in [0, 0.1) is 0 Å². The first kappa shape index (κ1) is 11.4. The summed E-state index contributed by atoms with van der Waals surface area (Å²) in [7, 11) is 0. The van der Waals surface area contributed by atoms with E-state index in [0.717, 1.165) is 23.5 Å². The fraction of sp³-hybridized carbons (Fsp3) is 0.100. The predicted octanol–water partition coefficient (Wildman–Crippen LogP) is 4.39. The van der Waals surface area contributed by atoms with E-state index in [2.05, 4.69) is 0 Å². The van der Waals surface area contributed by atoms with Gasteiger partial charge in [0.2, 0.25) is 0 Å². The average molecular weight is 265 g/mol. The van der Waals surface area contributed by atoms with Crippen LogP contribution in [0.5, 0.6) is 0 Å². The molecule has 16 heavy (non-hydrogen) atoms. The molecule has 1 aromatic heterocycles. The second kappa shape index (κ2) is 3.75. The highest BCUT2D eigenvalue weighted by Crippen LogP contribution is 2.38. The highest BCUT2D eigenvalue weighted by Gasteiger charge is 2.30. The van der Waals surface area contributed by atoms with Gasteiger partial charge in [-0.1, -0.05) is 17.7 Å². The van der Waals surface area contributed by atoms with Gasteiger partial charge >= 0.3 is 6.18 Å². The van der Waals surface area contributed by atoms with Gasteiger partial charge in [-0.2, -0.15) is 13.2 Å². The molecule has 0 radical (unpaired) electrons. The highest BCUT2D eigenvalue weighted by atomic mass is 35.5. The minimum atomic E-state index is -4.38. The van der Waals surface area contributed by atoms with Crippen molar-refractivity contribution in [2.24, 2.45) is 0 Å². The smallest absolute Gasteiger partial charge is 0.297 e. The van der Waals surface area contributed by atoms with E-state index in [9.17, 15) is 18.0 Å². The molecule has 0 amide bonds.